The molecule has 1 fully saturated rings. The number of thiophene rings is 1. The molecule has 1 aromatic heterocycles. The SMILES string of the molecule is CCC1CS(=O)(=O)CC(c2ccc(C)s2)N1. The van der Waals surface area contributed by atoms with Crippen molar-refractivity contribution in [2.45, 2.75) is 32.4 Å². The molecule has 5 heteroatoms. The molecule has 0 bridgehead atoms. The quantitative estimate of drug-likeness (QED) is 0.882. The highest BCUT2D eigenvalue weighted by atomic mass is 32.2. The first-order valence-corrected chi connectivity index (χ1v) is 8.17. The average Bonchev–Trinajstić information content (AvgIpc) is 2.62. The standard InChI is InChI=1S/C11H17NO2S2/c1-3-9-6-16(13,14)7-10(12-9)11-5-4-8(2)15-11/h4-5,9-10,12H,3,6-7H2,1-2H3. The number of aryl methyl sites for hydroxylation is 1. The Morgan fingerprint density at radius 3 is 2.75 bits per heavy atom. The minimum atomic E-state index is -2.89. The Morgan fingerprint density at radius 1 is 1.44 bits per heavy atom. The van der Waals surface area contributed by atoms with Crippen molar-refractivity contribution in [2.24, 2.45) is 0 Å². The number of sulfone groups is 1. The smallest absolute Gasteiger partial charge is 0.153 e. The molecule has 2 unspecified atom stereocenters. The van der Waals surface area contributed by atoms with Gasteiger partial charge in [-0.2, -0.15) is 0 Å². The van der Waals surface area contributed by atoms with Crippen molar-refractivity contribution in [2.75, 3.05) is 11.5 Å². The lowest BCUT2D eigenvalue weighted by atomic mass is 10.2. The first-order chi connectivity index (χ1) is 7.50. The van der Waals surface area contributed by atoms with Gasteiger partial charge in [-0.15, -0.1) is 11.3 Å². The topological polar surface area (TPSA) is 46.2 Å². The Labute approximate surface area is 101 Å². The van der Waals surface area contributed by atoms with Crippen LogP contribution in [0.25, 0.3) is 0 Å². The van der Waals surface area contributed by atoms with Gasteiger partial charge in [0.1, 0.15) is 0 Å². The van der Waals surface area contributed by atoms with Gasteiger partial charge in [0.15, 0.2) is 9.84 Å². The first-order valence-electron chi connectivity index (χ1n) is 5.53. The third-order valence-corrected chi connectivity index (χ3v) is 5.78. The van der Waals surface area contributed by atoms with E-state index in [4.69, 9.17) is 0 Å². The van der Waals surface area contributed by atoms with Crippen molar-refractivity contribution in [3.05, 3.63) is 21.9 Å². The zero-order valence-electron chi connectivity index (χ0n) is 9.56. The van der Waals surface area contributed by atoms with Crippen molar-refractivity contribution < 1.29 is 8.42 Å². The Morgan fingerprint density at radius 2 is 2.19 bits per heavy atom. The molecule has 2 rings (SSSR count). The van der Waals surface area contributed by atoms with Gasteiger partial charge < -0.3 is 5.32 Å². The Balaban J connectivity index is 2.22. The van der Waals surface area contributed by atoms with Crippen LogP contribution in [0.1, 0.15) is 29.1 Å². The van der Waals surface area contributed by atoms with Crippen molar-refractivity contribution in [1.29, 1.82) is 0 Å². The number of hydrogen-bond donors (Lipinski definition) is 1. The highest BCUT2D eigenvalue weighted by Gasteiger charge is 2.31. The van der Waals surface area contributed by atoms with Gasteiger partial charge in [0.2, 0.25) is 0 Å². The van der Waals surface area contributed by atoms with E-state index in [9.17, 15) is 8.42 Å². The normalized spacial score (nSPS) is 29.1. The zero-order chi connectivity index (χ0) is 11.8. The molecule has 2 atom stereocenters. The summed E-state index contributed by atoms with van der Waals surface area (Å²) < 4.78 is 23.6. The van der Waals surface area contributed by atoms with Crippen LogP contribution in [-0.4, -0.2) is 26.0 Å². The molecule has 0 saturated carbocycles. The van der Waals surface area contributed by atoms with Crippen LogP contribution in [0.5, 0.6) is 0 Å². The Kier molecular flexibility index (Phi) is 3.37. The maximum atomic E-state index is 11.8. The molecular formula is C11H17NO2S2. The molecule has 90 valence electrons. The van der Waals surface area contributed by atoms with Crippen LogP contribution in [-0.2, 0) is 9.84 Å². The monoisotopic (exact) mass is 259 g/mol. The van der Waals surface area contributed by atoms with E-state index >= 15 is 0 Å². The summed E-state index contributed by atoms with van der Waals surface area (Å²) in [6.07, 6.45) is 0.861. The molecule has 3 nitrogen and oxygen atoms in total. The van der Waals surface area contributed by atoms with Crippen LogP contribution in [0.4, 0.5) is 0 Å². The highest BCUT2D eigenvalue weighted by Crippen LogP contribution is 2.27. The van der Waals surface area contributed by atoms with Crippen molar-refractivity contribution in [3.8, 4) is 0 Å². The summed E-state index contributed by atoms with van der Waals surface area (Å²) in [6, 6.07) is 4.17. The minimum Gasteiger partial charge on any atom is -0.305 e. The van der Waals surface area contributed by atoms with E-state index in [1.54, 1.807) is 11.3 Å². The van der Waals surface area contributed by atoms with Crippen LogP contribution >= 0.6 is 11.3 Å². The van der Waals surface area contributed by atoms with E-state index in [0.29, 0.717) is 0 Å². The van der Waals surface area contributed by atoms with Crippen molar-refractivity contribution in [1.82, 2.24) is 5.32 Å². The first kappa shape index (κ1) is 12.1. The molecule has 1 aliphatic heterocycles. The van der Waals surface area contributed by atoms with E-state index in [0.717, 1.165) is 11.3 Å². The largest absolute Gasteiger partial charge is 0.305 e. The zero-order valence-corrected chi connectivity index (χ0v) is 11.2. The lowest BCUT2D eigenvalue weighted by Crippen LogP contribution is -2.46. The molecule has 1 N–H and O–H groups in total. The summed E-state index contributed by atoms with van der Waals surface area (Å²) in [5.74, 6) is 0.522. The minimum absolute atomic E-state index is 0.0117. The second-order valence-corrected chi connectivity index (χ2v) is 7.82. The summed E-state index contributed by atoms with van der Waals surface area (Å²) in [5.41, 5.74) is 0. The summed E-state index contributed by atoms with van der Waals surface area (Å²) in [4.78, 5) is 2.37. The predicted molar refractivity (Wildman–Crippen MR) is 67.7 cm³/mol. The van der Waals surface area contributed by atoms with Crippen LogP contribution in [0.3, 0.4) is 0 Å². The Hall–Kier alpha value is -0.390. The van der Waals surface area contributed by atoms with Gasteiger partial charge in [0.25, 0.3) is 0 Å². The van der Waals surface area contributed by atoms with Crippen LogP contribution in [0.15, 0.2) is 12.1 Å². The fourth-order valence-electron chi connectivity index (χ4n) is 2.05. The molecule has 16 heavy (non-hydrogen) atoms. The summed E-state index contributed by atoms with van der Waals surface area (Å²) in [7, 11) is -2.89. The van der Waals surface area contributed by atoms with Crippen molar-refractivity contribution >= 4 is 21.2 Å². The van der Waals surface area contributed by atoms with E-state index in [1.807, 2.05) is 26.0 Å². The maximum absolute atomic E-state index is 11.8. The second kappa shape index (κ2) is 4.47. The number of nitrogens with one attached hydrogen (secondary N) is 1. The molecule has 1 aromatic rings. The molecule has 0 amide bonds. The van der Waals surface area contributed by atoms with Gasteiger partial charge in [0, 0.05) is 15.8 Å². The fraction of sp³-hybridized carbons (Fsp3) is 0.636. The van der Waals surface area contributed by atoms with Gasteiger partial charge in [-0.3, -0.25) is 0 Å². The Bertz CT molecular complexity index is 464. The van der Waals surface area contributed by atoms with Gasteiger partial charge in [-0.05, 0) is 25.5 Å². The second-order valence-electron chi connectivity index (χ2n) is 4.35. The molecule has 1 saturated heterocycles. The maximum Gasteiger partial charge on any atom is 0.153 e. The number of rotatable bonds is 2. The van der Waals surface area contributed by atoms with E-state index in [2.05, 4.69) is 5.32 Å². The summed E-state index contributed by atoms with van der Waals surface area (Å²) >= 11 is 1.68. The van der Waals surface area contributed by atoms with Gasteiger partial charge >= 0.3 is 0 Å². The van der Waals surface area contributed by atoms with Gasteiger partial charge in [-0.25, -0.2) is 8.42 Å². The molecule has 0 spiro atoms. The lowest BCUT2D eigenvalue weighted by molar-refractivity contribution is 0.444. The molecule has 0 aliphatic carbocycles. The van der Waals surface area contributed by atoms with Crippen LogP contribution < -0.4 is 5.32 Å². The average molecular weight is 259 g/mol. The van der Waals surface area contributed by atoms with E-state index < -0.39 is 9.84 Å². The molecular weight excluding hydrogens is 242 g/mol. The van der Waals surface area contributed by atoms with Crippen molar-refractivity contribution in [3.63, 3.8) is 0 Å². The lowest BCUT2D eigenvalue weighted by Gasteiger charge is -2.29. The van der Waals surface area contributed by atoms with Gasteiger partial charge in [-0.1, -0.05) is 6.92 Å². The molecule has 0 radical (unpaired) electrons. The van der Waals surface area contributed by atoms with E-state index in [-0.39, 0.29) is 23.6 Å². The summed E-state index contributed by atoms with van der Waals surface area (Å²) in [5, 5.41) is 3.42. The molecule has 2 heterocycles. The van der Waals surface area contributed by atoms with Gasteiger partial charge in [0.05, 0.1) is 17.5 Å². The molecule has 1 aliphatic rings. The van der Waals surface area contributed by atoms with Crippen LogP contribution in [0, 0.1) is 6.92 Å². The fourth-order valence-corrected chi connectivity index (χ4v) is 4.96. The highest BCUT2D eigenvalue weighted by molar-refractivity contribution is 7.91. The molecule has 0 aromatic carbocycles. The third-order valence-electron chi connectivity index (χ3n) is 2.91. The van der Waals surface area contributed by atoms with Crippen LogP contribution in [0.2, 0.25) is 0 Å². The predicted octanol–water partition coefficient (Wildman–Crippen LogP) is 1.89. The third kappa shape index (κ3) is 2.64. The number of hydrogen-bond acceptors (Lipinski definition) is 4. The summed E-state index contributed by atoms with van der Waals surface area (Å²) in [6.45, 7) is 4.07. The van der Waals surface area contributed by atoms with E-state index in [1.165, 1.54) is 4.88 Å².